The zero-order valence-corrected chi connectivity index (χ0v) is 11.7. The summed E-state index contributed by atoms with van der Waals surface area (Å²) in [6.45, 7) is 2.94. The Hall–Kier alpha value is -2.43. The maximum Gasteiger partial charge on any atom is 0.0992 e. The Morgan fingerprint density at radius 3 is 1.85 bits per heavy atom. The molecule has 1 heterocycles. The first-order valence-corrected chi connectivity index (χ1v) is 7.12. The molecule has 0 amide bonds. The number of hydrogen-bond acceptors (Lipinski definition) is 4. The van der Waals surface area contributed by atoms with E-state index in [1.165, 1.54) is 0 Å². The van der Waals surface area contributed by atoms with Gasteiger partial charge in [-0.05, 0) is 43.3 Å². The average Bonchev–Trinajstić information content (AvgIpc) is 2.51. The minimum atomic E-state index is 0.659. The van der Waals surface area contributed by atoms with Gasteiger partial charge < -0.3 is 4.90 Å². The molecular formula is C16H11N3S. The van der Waals surface area contributed by atoms with E-state index in [2.05, 4.69) is 24.0 Å². The lowest BCUT2D eigenvalue weighted by Gasteiger charge is -2.32. The van der Waals surface area contributed by atoms with Gasteiger partial charge in [-0.15, -0.1) is 0 Å². The molecule has 20 heavy (non-hydrogen) atoms. The van der Waals surface area contributed by atoms with Crippen LogP contribution in [0.4, 0.5) is 11.4 Å². The molecule has 2 aromatic carbocycles. The van der Waals surface area contributed by atoms with Crippen LogP contribution in [0.3, 0.4) is 0 Å². The highest BCUT2D eigenvalue weighted by atomic mass is 32.2. The third-order valence-electron chi connectivity index (χ3n) is 3.30. The van der Waals surface area contributed by atoms with Crippen LogP contribution in [-0.4, -0.2) is 6.54 Å². The van der Waals surface area contributed by atoms with Crippen LogP contribution < -0.4 is 4.90 Å². The van der Waals surface area contributed by atoms with E-state index in [0.717, 1.165) is 27.7 Å². The predicted molar refractivity (Wildman–Crippen MR) is 79.1 cm³/mol. The fourth-order valence-corrected chi connectivity index (χ4v) is 3.54. The Morgan fingerprint density at radius 2 is 1.45 bits per heavy atom. The highest BCUT2D eigenvalue weighted by Crippen LogP contribution is 2.48. The van der Waals surface area contributed by atoms with E-state index in [1.54, 1.807) is 11.8 Å². The molecule has 4 heteroatoms. The minimum Gasteiger partial charge on any atom is -0.340 e. The van der Waals surface area contributed by atoms with Gasteiger partial charge in [0.25, 0.3) is 0 Å². The van der Waals surface area contributed by atoms with Gasteiger partial charge in [0.2, 0.25) is 0 Å². The van der Waals surface area contributed by atoms with E-state index in [1.807, 2.05) is 36.4 Å². The average molecular weight is 277 g/mol. The highest BCUT2D eigenvalue weighted by molar-refractivity contribution is 7.99. The molecule has 0 N–H and O–H groups in total. The van der Waals surface area contributed by atoms with Gasteiger partial charge in [-0.3, -0.25) is 0 Å². The summed E-state index contributed by atoms with van der Waals surface area (Å²) < 4.78 is 0. The summed E-state index contributed by atoms with van der Waals surface area (Å²) in [4.78, 5) is 4.34. The number of benzene rings is 2. The molecule has 0 radical (unpaired) electrons. The van der Waals surface area contributed by atoms with E-state index in [4.69, 9.17) is 10.5 Å². The van der Waals surface area contributed by atoms with E-state index in [-0.39, 0.29) is 0 Å². The maximum absolute atomic E-state index is 9.02. The summed E-state index contributed by atoms with van der Waals surface area (Å²) in [6.07, 6.45) is 0. The molecule has 0 fully saturated rings. The van der Waals surface area contributed by atoms with E-state index < -0.39 is 0 Å². The van der Waals surface area contributed by atoms with E-state index in [0.29, 0.717) is 11.1 Å². The highest BCUT2D eigenvalue weighted by Gasteiger charge is 2.22. The number of hydrogen-bond donors (Lipinski definition) is 0. The van der Waals surface area contributed by atoms with Gasteiger partial charge in [-0.1, -0.05) is 11.8 Å². The Kier molecular flexibility index (Phi) is 3.10. The lowest BCUT2D eigenvalue weighted by molar-refractivity contribution is 0.978. The summed E-state index contributed by atoms with van der Waals surface area (Å²) in [6, 6.07) is 15.8. The zero-order valence-electron chi connectivity index (χ0n) is 10.9. The second kappa shape index (κ2) is 4.92. The largest absolute Gasteiger partial charge is 0.340 e. The van der Waals surface area contributed by atoms with Crippen LogP contribution in [0.1, 0.15) is 18.1 Å². The topological polar surface area (TPSA) is 50.8 Å². The summed E-state index contributed by atoms with van der Waals surface area (Å²) >= 11 is 1.62. The quantitative estimate of drug-likeness (QED) is 0.789. The summed E-state index contributed by atoms with van der Waals surface area (Å²) in [7, 11) is 0. The number of rotatable bonds is 1. The van der Waals surface area contributed by atoms with Crippen molar-refractivity contribution in [3.63, 3.8) is 0 Å². The first-order chi connectivity index (χ1) is 9.76. The van der Waals surface area contributed by atoms with Gasteiger partial charge in [0, 0.05) is 16.3 Å². The number of fused-ring (bicyclic) bond motifs is 2. The lowest BCUT2D eigenvalue weighted by atomic mass is 10.1. The number of anilines is 2. The molecule has 0 saturated carbocycles. The van der Waals surface area contributed by atoms with Crippen molar-refractivity contribution in [2.75, 3.05) is 11.4 Å². The van der Waals surface area contributed by atoms with Crippen LogP contribution in [0.15, 0.2) is 46.2 Å². The van der Waals surface area contributed by atoms with Crippen molar-refractivity contribution < 1.29 is 0 Å². The predicted octanol–water partition coefficient (Wildman–Crippen LogP) is 4.05. The maximum atomic E-state index is 9.02. The summed E-state index contributed by atoms with van der Waals surface area (Å²) in [5.41, 5.74) is 3.56. The summed E-state index contributed by atoms with van der Waals surface area (Å²) in [5, 5.41) is 18.0. The van der Waals surface area contributed by atoms with Gasteiger partial charge in [0.15, 0.2) is 0 Å². The Morgan fingerprint density at radius 1 is 0.950 bits per heavy atom. The van der Waals surface area contributed by atoms with Gasteiger partial charge >= 0.3 is 0 Å². The molecule has 0 spiro atoms. The Balaban J connectivity index is 2.17. The van der Waals surface area contributed by atoms with Crippen LogP contribution >= 0.6 is 11.8 Å². The second-order valence-corrected chi connectivity index (χ2v) is 5.52. The van der Waals surface area contributed by atoms with Crippen molar-refractivity contribution >= 4 is 23.1 Å². The fourth-order valence-electron chi connectivity index (χ4n) is 2.37. The normalized spacial score (nSPS) is 12.1. The van der Waals surface area contributed by atoms with Crippen molar-refractivity contribution in [1.29, 1.82) is 10.5 Å². The number of nitrogens with zero attached hydrogens (tertiary/aromatic N) is 3. The Bertz CT molecular complexity index is 705. The number of nitriles is 2. The third kappa shape index (κ3) is 1.91. The van der Waals surface area contributed by atoms with Crippen LogP contribution in [0.2, 0.25) is 0 Å². The Labute approximate surface area is 122 Å². The van der Waals surface area contributed by atoms with E-state index >= 15 is 0 Å². The molecule has 3 nitrogen and oxygen atoms in total. The van der Waals surface area contributed by atoms with E-state index in [9.17, 15) is 0 Å². The third-order valence-corrected chi connectivity index (χ3v) is 4.39. The molecule has 3 rings (SSSR count). The van der Waals surface area contributed by atoms with Crippen molar-refractivity contribution in [2.45, 2.75) is 16.7 Å². The van der Waals surface area contributed by atoms with Crippen molar-refractivity contribution in [1.82, 2.24) is 0 Å². The van der Waals surface area contributed by atoms with Crippen LogP contribution in [0.5, 0.6) is 0 Å². The molecule has 0 aliphatic carbocycles. The van der Waals surface area contributed by atoms with Crippen molar-refractivity contribution in [3.05, 3.63) is 47.5 Å². The first-order valence-electron chi connectivity index (χ1n) is 6.30. The second-order valence-electron chi connectivity index (χ2n) is 4.43. The van der Waals surface area contributed by atoms with Crippen LogP contribution in [0.25, 0.3) is 0 Å². The fraction of sp³-hybridized carbons (Fsp3) is 0.125. The smallest absolute Gasteiger partial charge is 0.0992 e. The zero-order chi connectivity index (χ0) is 14.1. The molecule has 0 atom stereocenters. The summed E-state index contributed by atoms with van der Waals surface area (Å²) in [5.74, 6) is 0. The van der Waals surface area contributed by atoms with Gasteiger partial charge in [0.05, 0.1) is 34.6 Å². The molecule has 2 aromatic rings. The molecular weight excluding hydrogens is 266 g/mol. The minimum absolute atomic E-state index is 0.659. The van der Waals surface area contributed by atoms with Crippen LogP contribution in [0, 0.1) is 22.7 Å². The molecule has 1 aliphatic rings. The first kappa shape index (κ1) is 12.6. The SMILES string of the molecule is CCN1c2ccc(C#N)cc2Sc2cc(C#N)ccc21. The molecule has 0 bridgehead atoms. The lowest BCUT2D eigenvalue weighted by Crippen LogP contribution is -2.20. The van der Waals surface area contributed by atoms with Crippen molar-refractivity contribution in [2.24, 2.45) is 0 Å². The standard InChI is InChI=1S/C16H11N3S/c1-2-19-13-5-3-11(9-17)7-15(13)20-16-8-12(10-18)4-6-14(16)19/h3-8H,2H2,1H3. The molecule has 0 unspecified atom stereocenters. The van der Waals surface area contributed by atoms with Crippen molar-refractivity contribution in [3.8, 4) is 12.1 Å². The van der Waals surface area contributed by atoms with Gasteiger partial charge in [0.1, 0.15) is 0 Å². The molecule has 0 saturated heterocycles. The monoisotopic (exact) mass is 277 g/mol. The van der Waals surface area contributed by atoms with Gasteiger partial charge in [-0.25, -0.2) is 0 Å². The van der Waals surface area contributed by atoms with Crippen LogP contribution in [-0.2, 0) is 0 Å². The van der Waals surface area contributed by atoms with Gasteiger partial charge in [-0.2, -0.15) is 10.5 Å². The molecule has 1 aliphatic heterocycles. The molecule has 0 aromatic heterocycles. The molecule has 96 valence electrons.